The molecule has 0 unspecified atom stereocenters. The van der Waals surface area contributed by atoms with Gasteiger partial charge in [-0.25, -0.2) is 4.68 Å². The lowest BCUT2D eigenvalue weighted by atomic mass is 10.1. The zero-order valence-corrected chi connectivity index (χ0v) is 11.2. The fourth-order valence-corrected chi connectivity index (χ4v) is 2.27. The maximum Gasteiger partial charge on any atom is 0.0999 e. The summed E-state index contributed by atoms with van der Waals surface area (Å²) < 4.78 is 2.04. The predicted octanol–water partition coefficient (Wildman–Crippen LogP) is 2.88. The van der Waals surface area contributed by atoms with Crippen LogP contribution in [0.5, 0.6) is 0 Å². The van der Waals surface area contributed by atoms with Crippen LogP contribution in [0.3, 0.4) is 0 Å². The van der Waals surface area contributed by atoms with Crippen LogP contribution in [-0.2, 0) is 19.4 Å². The van der Waals surface area contributed by atoms with Gasteiger partial charge in [-0.2, -0.15) is 5.26 Å². The van der Waals surface area contributed by atoms with Gasteiger partial charge in [-0.3, -0.25) is 0 Å². The molecular formula is C14H22N4. The zero-order valence-electron chi connectivity index (χ0n) is 11.2. The molecule has 1 heterocycles. The Hall–Kier alpha value is -1.37. The standard InChI is InChI=1S/C14H22N4/c1-2-3-4-5-10-18-14(11-12-6-7-12)13(8-9-15)16-17-18/h12H,2-8,10-11H2,1H3. The van der Waals surface area contributed by atoms with E-state index in [9.17, 15) is 0 Å². The molecule has 4 nitrogen and oxygen atoms in total. The first-order valence-corrected chi connectivity index (χ1v) is 7.13. The van der Waals surface area contributed by atoms with E-state index >= 15 is 0 Å². The van der Waals surface area contributed by atoms with Gasteiger partial charge in [0.05, 0.1) is 23.9 Å². The second-order valence-electron chi connectivity index (χ2n) is 5.25. The molecule has 98 valence electrons. The summed E-state index contributed by atoms with van der Waals surface area (Å²) in [5.41, 5.74) is 2.12. The monoisotopic (exact) mass is 246 g/mol. The lowest BCUT2D eigenvalue weighted by molar-refractivity contribution is 0.507. The van der Waals surface area contributed by atoms with Crippen LogP contribution in [0.1, 0.15) is 56.8 Å². The van der Waals surface area contributed by atoms with E-state index in [-0.39, 0.29) is 0 Å². The first-order valence-electron chi connectivity index (χ1n) is 7.13. The molecule has 18 heavy (non-hydrogen) atoms. The highest BCUT2D eigenvalue weighted by atomic mass is 15.4. The molecule has 0 bridgehead atoms. The van der Waals surface area contributed by atoms with Gasteiger partial charge in [0.25, 0.3) is 0 Å². The van der Waals surface area contributed by atoms with Crippen molar-refractivity contribution in [1.82, 2.24) is 15.0 Å². The van der Waals surface area contributed by atoms with Gasteiger partial charge in [0.1, 0.15) is 0 Å². The van der Waals surface area contributed by atoms with Crippen molar-refractivity contribution in [1.29, 1.82) is 5.26 Å². The van der Waals surface area contributed by atoms with E-state index in [0.29, 0.717) is 6.42 Å². The first kappa shape index (κ1) is 13.1. The summed E-state index contributed by atoms with van der Waals surface area (Å²) in [7, 11) is 0. The van der Waals surface area contributed by atoms with E-state index in [4.69, 9.17) is 5.26 Å². The van der Waals surface area contributed by atoms with Gasteiger partial charge in [-0.05, 0) is 31.6 Å². The molecule has 0 spiro atoms. The van der Waals surface area contributed by atoms with Crippen molar-refractivity contribution in [3.8, 4) is 6.07 Å². The zero-order chi connectivity index (χ0) is 12.8. The maximum absolute atomic E-state index is 8.82. The SMILES string of the molecule is CCCCCCn1nnc(CC#N)c1CC1CC1. The molecule has 1 aliphatic carbocycles. The van der Waals surface area contributed by atoms with Crippen molar-refractivity contribution in [3.63, 3.8) is 0 Å². The average Bonchev–Trinajstić information content (AvgIpc) is 3.11. The smallest absolute Gasteiger partial charge is 0.0999 e. The van der Waals surface area contributed by atoms with Crippen molar-refractivity contribution in [2.45, 2.75) is 64.8 Å². The number of rotatable bonds is 8. The summed E-state index contributed by atoms with van der Waals surface area (Å²) >= 11 is 0. The molecule has 1 aromatic heterocycles. The lowest BCUT2D eigenvalue weighted by Crippen LogP contribution is -2.07. The molecule has 0 N–H and O–H groups in total. The number of nitriles is 1. The van der Waals surface area contributed by atoms with Gasteiger partial charge in [0.15, 0.2) is 0 Å². The van der Waals surface area contributed by atoms with Crippen LogP contribution in [-0.4, -0.2) is 15.0 Å². The Morgan fingerprint density at radius 3 is 2.83 bits per heavy atom. The predicted molar refractivity (Wildman–Crippen MR) is 69.9 cm³/mol. The van der Waals surface area contributed by atoms with Crippen molar-refractivity contribution in [3.05, 3.63) is 11.4 Å². The number of hydrogen-bond acceptors (Lipinski definition) is 3. The third kappa shape index (κ3) is 3.56. The molecule has 0 atom stereocenters. The topological polar surface area (TPSA) is 54.5 Å². The van der Waals surface area contributed by atoms with Crippen molar-refractivity contribution >= 4 is 0 Å². The molecule has 0 aliphatic heterocycles. The Morgan fingerprint density at radius 1 is 1.33 bits per heavy atom. The summed E-state index contributed by atoms with van der Waals surface area (Å²) in [5, 5.41) is 17.2. The molecule has 0 radical (unpaired) electrons. The molecule has 0 saturated heterocycles. The molecule has 0 aromatic carbocycles. The summed E-state index contributed by atoms with van der Waals surface area (Å²) in [5.74, 6) is 0.815. The lowest BCUT2D eigenvalue weighted by Gasteiger charge is -2.06. The largest absolute Gasteiger partial charge is 0.249 e. The number of aromatic nitrogens is 3. The molecule has 1 aliphatic rings. The summed E-state index contributed by atoms with van der Waals surface area (Å²) in [4.78, 5) is 0. The van der Waals surface area contributed by atoms with Gasteiger partial charge < -0.3 is 0 Å². The number of unbranched alkanes of at least 4 members (excludes halogenated alkanes) is 3. The number of nitrogens with zero attached hydrogens (tertiary/aromatic N) is 4. The van der Waals surface area contributed by atoms with Crippen LogP contribution in [0.4, 0.5) is 0 Å². The van der Waals surface area contributed by atoms with Crippen molar-refractivity contribution < 1.29 is 0 Å². The first-order chi connectivity index (χ1) is 8.85. The average molecular weight is 246 g/mol. The van der Waals surface area contributed by atoms with Crippen molar-refractivity contribution in [2.24, 2.45) is 5.92 Å². The third-order valence-electron chi connectivity index (χ3n) is 3.57. The van der Waals surface area contributed by atoms with Gasteiger partial charge in [0.2, 0.25) is 0 Å². The maximum atomic E-state index is 8.82. The minimum atomic E-state index is 0.400. The normalized spacial score (nSPS) is 14.7. The molecular weight excluding hydrogens is 224 g/mol. The van der Waals surface area contributed by atoms with Gasteiger partial charge in [-0.1, -0.05) is 31.4 Å². The summed E-state index contributed by atoms with van der Waals surface area (Å²) in [6.07, 6.45) is 9.09. The highest BCUT2D eigenvalue weighted by Gasteiger charge is 2.25. The molecule has 1 aromatic rings. The Bertz CT molecular complexity index is 412. The van der Waals surface area contributed by atoms with Gasteiger partial charge in [0, 0.05) is 6.54 Å². The van der Waals surface area contributed by atoms with Gasteiger partial charge >= 0.3 is 0 Å². The van der Waals surface area contributed by atoms with E-state index in [0.717, 1.165) is 24.6 Å². The van der Waals surface area contributed by atoms with Crippen LogP contribution in [0.2, 0.25) is 0 Å². The van der Waals surface area contributed by atoms with Crippen LogP contribution >= 0.6 is 0 Å². The Morgan fingerprint density at radius 2 is 2.17 bits per heavy atom. The van der Waals surface area contributed by atoms with E-state index in [1.165, 1.54) is 44.2 Å². The van der Waals surface area contributed by atoms with Crippen LogP contribution < -0.4 is 0 Å². The number of hydrogen-bond donors (Lipinski definition) is 0. The quantitative estimate of drug-likeness (QED) is 0.663. The number of aryl methyl sites for hydroxylation is 1. The fourth-order valence-electron chi connectivity index (χ4n) is 2.27. The van der Waals surface area contributed by atoms with E-state index in [1.54, 1.807) is 0 Å². The van der Waals surface area contributed by atoms with Gasteiger partial charge in [-0.15, -0.1) is 5.10 Å². The van der Waals surface area contributed by atoms with E-state index in [2.05, 4.69) is 23.3 Å². The fraction of sp³-hybridized carbons (Fsp3) is 0.786. The molecule has 4 heteroatoms. The summed E-state index contributed by atoms with van der Waals surface area (Å²) in [6, 6.07) is 2.19. The minimum absolute atomic E-state index is 0.400. The molecule has 2 rings (SSSR count). The molecule has 1 fully saturated rings. The molecule has 1 saturated carbocycles. The highest BCUT2D eigenvalue weighted by Crippen LogP contribution is 2.33. The highest BCUT2D eigenvalue weighted by molar-refractivity contribution is 5.16. The Kier molecular flexibility index (Phi) is 4.74. The summed E-state index contributed by atoms with van der Waals surface area (Å²) in [6.45, 7) is 3.18. The van der Waals surface area contributed by atoms with Crippen LogP contribution in [0, 0.1) is 17.2 Å². The molecule has 0 amide bonds. The van der Waals surface area contributed by atoms with Crippen LogP contribution in [0.15, 0.2) is 0 Å². The van der Waals surface area contributed by atoms with E-state index in [1.807, 2.05) is 4.68 Å². The van der Waals surface area contributed by atoms with E-state index < -0.39 is 0 Å². The van der Waals surface area contributed by atoms with Crippen LogP contribution in [0.25, 0.3) is 0 Å². The second-order valence-corrected chi connectivity index (χ2v) is 5.25. The minimum Gasteiger partial charge on any atom is -0.249 e. The Balaban J connectivity index is 1.96. The van der Waals surface area contributed by atoms with Crippen molar-refractivity contribution in [2.75, 3.05) is 0 Å². The third-order valence-corrected chi connectivity index (χ3v) is 3.57. The second kappa shape index (κ2) is 6.53. The Labute approximate surface area is 109 Å².